The molecule has 0 saturated carbocycles. The molecular weight excluding hydrogens is 399 g/mol. The first kappa shape index (κ1) is 20.1. The van der Waals surface area contributed by atoms with Crippen LogP contribution >= 0.6 is 0 Å². The number of hydrogen-bond donors (Lipinski definition) is 3. The summed E-state index contributed by atoms with van der Waals surface area (Å²) in [7, 11) is 0. The summed E-state index contributed by atoms with van der Waals surface area (Å²) >= 11 is 0. The lowest BCUT2D eigenvalue weighted by Gasteiger charge is -2.23. The van der Waals surface area contributed by atoms with Gasteiger partial charge in [-0.3, -0.25) is 9.36 Å². The summed E-state index contributed by atoms with van der Waals surface area (Å²) in [5, 5.41) is 5.67. The molecule has 0 atom stereocenters. The number of aryl methyl sites for hydroxylation is 1. The zero-order valence-corrected chi connectivity index (χ0v) is 16.8. The van der Waals surface area contributed by atoms with Crippen molar-refractivity contribution in [1.82, 2.24) is 19.8 Å². The van der Waals surface area contributed by atoms with Crippen molar-refractivity contribution in [2.24, 2.45) is 5.73 Å². The molecule has 3 amide bonds. The van der Waals surface area contributed by atoms with Crippen molar-refractivity contribution < 1.29 is 14.0 Å². The SMILES string of the molecule is Cc1ccc(Nc2c(-c3ccc(F)cc3)nc3n2C=CN(C(=O)CNC(N)=O)C3)cc1. The number of anilines is 2. The lowest BCUT2D eigenvalue weighted by molar-refractivity contribution is -0.128. The third kappa shape index (κ3) is 4.40. The first-order chi connectivity index (χ1) is 14.9. The monoisotopic (exact) mass is 420 g/mol. The summed E-state index contributed by atoms with van der Waals surface area (Å²) in [6, 6.07) is 13.2. The Morgan fingerprint density at radius 2 is 1.81 bits per heavy atom. The fourth-order valence-electron chi connectivity index (χ4n) is 3.24. The second-order valence-corrected chi connectivity index (χ2v) is 7.13. The van der Waals surface area contributed by atoms with E-state index in [4.69, 9.17) is 10.7 Å². The minimum Gasteiger partial charge on any atom is -0.352 e. The Bertz CT molecular complexity index is 1150. The van der Waals surface area contributed by atoms with Gasteiger partial charge in [-0.15, -0.1) is 0 Å². The Kier molecular flexibility index (Phi) is 5.40. The van der Waals surface area contributed by atoms with Crippen LogP contribution in [0, 0.1) is 12.7 Å². The van der Waals surface area contributed by atoms with Gasteiger partial charge in [0.15, 0.2) is 0 Å². The largest absolute Gasteiger partial charge is 0.352 e. The second-order valence-electron chi connectivity index (χ2n) is 7.13. The van der Waals surface area contributed by atoms with Crippen molar-refractivity contribution >= 4 is 29.6 Å². The zero-order chi connectivity index (χ0) is 22.0. The smallest absolute Gasteiger partial charge is 0.312 e. The van der Waals surface area contributed by atoms with Gasteiger partial charge in [0.05, 0.1) is 13.1 Å². The number of nitrogens with two attached hydrogens (primary N) is 1. The quantitative estimate of drug-likeness (QED) is 0.590. The predicted octanol–water partition coefficient (Wildman–Crippen LogP) is 3.18. The molecule has 2 heterocycles. The fourth-order valence-corrected chi connectivity index (χ4v) is 3.24. The van der Waals surface area contributed by atoms with E-state index in [1.165, 1.54) is 17.0 Å². The Balaban J connectivity index is 1.69. The topological polar surface area (TPSA) is 105 Å². The second kappa shape index (κ2) is 8.31. The van der Waals surface area contributed by atoms with Crippen LogP contribution in [0.2, 0.25) is 0 Å². The summed E-state index contributed by atoms with van der Waals surface area (Å²) in [4.78, 5) is 29.4. The molecule has 0 bridgehead atoms. The highest BCUT2D eigenvalue weighted by Gasteiger charge is 2.24. The number of primary amides is 1. The minimum atomic E-state index is -0.765. The summed E-state index contributed by atoms with van der Waals surface area (Å²) in [5.41, 5.74) is 8.41. The Morgan fingerprint density at radius 3 is 2.48 bits per heavy atom. The van der Waals surface area contributed by atoms with E-state index >= 15 is 0 Å². The maximum Gasteiger partial charge on any atom is 0.312 e. The zero-order valence-electron chi connectivity index (χ0n) is 16.8. The van der Waals surface area contributed by atoms with Crippen LogP contribution in [0.15, 0.2) is 54.7 Å². The van der Waals surface area contributed by atoms with Gasteiger partial charge in [-0.25, -0.2) is 14.2 Å². The van der Waals surface area contributed by atoms with E-state index in [9.17, 15) is 14.0 Å². The molecule has 0 aliphatic carbocycles. The number of carbonyl (C=O) groups excluding carboxylic acids is 2. The lowest BCUT2D eigenvalue weighted by atomic mass is 10.1. The van der Waals surface area contributed by atoms with Crippen molar-refractivity contribution in [2.45, 2.75) is 13.5 Å². The van der Waals surface area contributed by atoms with E-state index in [1.807, 2.05) is 35.8 Å². The number of urea groups is 1. The van der Waals surface area contributed by atoms with E-state index in [0.29, 0.717) is 17.3 Å². The molecule has 4 rings (SSSR count). The van der Waals surface area contributed by atoms with Gasteiger partial charge in [0.25, 0.3) is 0 Å². The third-order valence-electron chi connectivity index (χ3n) is 4.86. The van der Waals surface area contributed by atoms with Gasteiger partial charge in [-0.2, -0.15) is 0 Å². The van der Waals surface area contributed by atoms with Gasteiger partial charge in [-0.05, 0) is 43.3 Å². The van der Waals surface area contributed by atoms with Crippen molar-refractivity contribution in [1.29, 1.82) is 0 Å². The predicted molar refractivity (Wildman–Crippen MR) is 116 cm³/mol. The molecule has 1 aromatic heterocycles. The van der Waals surface area contributed by atoms with Crippen molar-refractivity contribution in [3.63, 3.8) is 0 Å². The van der Waals surface area contributed by atoms with Crippen molar-refractivity contribution in [2.75, 3.05) is 11.9 Å². The average Bonchev–Trinajstić information content (AvgIpc) is 3.11. The number of fused-ring (bicyclic) bond motifs is 1. The third-order valence-corrected chi connectivity index (χ3v) is 4.86. The van der Waals surface area contributed by atoms with Crippen molar-refractivity contribution in [3.8, 4) is 11.3 Å². The number of benzene rings is 2. The van der Waals surface area contributed by atoms with Gasteiger partial charge < -0.3 is 21.3 Å². The molecule has 4 N–H and O–H groups in total. The molecule has 0 radical (unpaired) electrons. The highest BCUT2D eigenvalue weighted by atomic mass is 19.1. The summed E-state index contributed by atoms with van der Waals surface area (Å²) < 4.78 is 15.3. The molecule has 3 aromatic rings. The van der Waals surface area contributed by atoms with Gasteiger partial charge in [0, 0.05) is 23.7 Å². The first-order valence-corrected chi connectivity index (χ1v) is 9.62. The number of aromatic nitrogens is 2. The normalized spacial score (nSPS) is 12.4. The van der Waals surface area contributed by atoms with Crippen LogP contribution < -0.4 is 16.4 Å². The molecule has 8 nitrogen and oxygen atoms in total. The number of rotatable bonds is 5. The van der Waals surface area contributed by atoms with Crippen molar-refractivity contribution in [3.05, 3.63) is 71.9 Å². The molecule has 0 spiro atoms. The molecule has 31 heavy (non-hydrogen) atoms. The molecule has 0 fully saturated rings. The molecule has 158 valence electrons. The van der Waals surface area contributed by atoms with E-state index in [2.05, 4.69) is 10.6 Å². The molecule has 1 aliphatic heterocycles. The molecule has 2 aromatic carbocycles. The van der Waals surface area contributed by atoms with Crippen LogP contribution in [0.5, 0.6) is 0 Å². The maximum absolute atomic E-state index is 13.4. The van der Waals surface area contributed by atoms with Crippen LogP contribution in [0.1, 0.15) is 11.4 Å². The van der Waals surface area contributed by atoms with Crippen LogP contribution in [0.3, 0.4) is 0 Å². The number of imidazole rings is 1. The molecule has 0 unspecified atom stereocenters. The standard InChI is InChI=1S/C22H21FN6O2/c1-14-2-8-17(9-3-14)26-21-20(15-4-6-16(23)7-5-15)27-18-13-28(10-11-29(18)21)19(30)12-25-22(24)31/h2-11,26H,12-13H2,1H3,(H3,24,25,31). The van der Waals surface area contributed by atoms with E-state index in [-0.39, 0.29) is 24.8 Å². The fraction of sp³-hybridized carbons (Fsp3) is 0.136. The maximum atomic E-state index is 13.4. The average molecular weight is 420 g/mol. The van der Waals surface area contributed by atoms with Gasteiger partial charge >= 0.3 is 6.03 Å². The van der Waals surface area contributed by atoms with Crippen LogP contribution in [-0.2, 0) is 11.3 Å². The minimum absolute atomic E-state index is 0.208. The molecular formula is C22H21FN6O2. The number of nitrogens with one attached hydrogen (secondary N) is 2. The van der Waals surface area contributed by atoms with Crippen LogP contribution in [-0.4, -0.2) is 32.9 Å². The molecule has 1 aliphatic rings. The summed E-state index contributed by atoms with van der Waals surface area (Å²) in [5.74, 6) is 0.660. The van der Waals surface area contributed by atoms with E-state index in [1.54, 1.807) is 24.5 Å². The van der Waals surface area contributed by atoms with Gasteiger partial charge in [-0.1, -0.05) is 17.7 Å². The lowest BCUT2D eigenvalue weighted by Crippen LogP contribution is -2.40. The molecule has 9 heteroatoms. The first-order valence-electron chi connectivity index (χ1n) is 9.62. The van der Waals surface area contributed by atoms with Crippen LogP contribution in [0.4, 0.5) is 20.7 Å². The Morgan fingerprint density at radius 1 is 1.10 bits per heavy atom. The van der Waals surface area contributed by atoms with Crippen LogP contribution in [0.25, 0.3) is 17.5 Å². The summed E-state index contributed by atoms with van der Waals surface area (Å²) in [6.07, 6.45) is 3.34. The number of amides is 3. The van der Waals surface area contributed by atoms with Gasteiger partial charge in [0.2, 0.25) is 5.91 Å². The Hall–Kier alpha value is -4.14. The van der Waals surface area contributed by atoms with E-state index in [0.717, 1.165) is 16.8 Å². The highest BCUT2D eigenvalue weighted by Crippen LogP contribution is 2.33. The molecule has 0 saturated heterocycles. The number of halogens is 1. The summed E-state index contributed by atoms with van der Waals surface area (Å²) in [6.45, 7) is 2.01. The highest BCUT2D eigenvalue weighted by molar-refractivity contribution is 5.85. The number of carbonyl (C=O) groups is 2. The van der Waals surface area contributed by atoms with E-state index < -0.39 is 6.03 Å². The Labute approximate surface area is 178 Å². The number of hydrogen-bond acceptors (Lipinski definition) is 4. The van der Waals surface area contributed by atoms with Gasteiger partial charge in [0.1, 0.15) is 23.2 Å². The number of nitrogens with zero attached hydrogens (tertiary/aromatic N) is 3.